The lowest BCUT2D eigenvalue weighted by Gasteiger charge is -2.29. The average Bonchev–Trinajstić information content (AvgIpc) is 3.50. The van der Waals surface area contributed by atoms with Gasteiger partial charge in [-0.3, -0.25) is 4.98 Å². The van der Waals surface area contributed by atoms with Crippen molar-refractivity contribution in [2.75, 3.05) is 30.5 Å². The first-order valence-electron chi connectivity index (χ1n) is 11.8. The average molecular weight is 484 g/mol. The van der Waals surface area contributed by atoms with E-state index in [9.17, 15) is 0 Å². The summed E-state index contributed by atoms with van der Waals surface area (Å²) in [6.07, 6.45) is 3.93. The molecule has 1 fully saturated rings. The van der Waals surface area contributed by atoms with Gasteiger partial charge in [0, 0.05) is 49.2 Å². The Kier molecular flexibility index (Phi) is 6.42. The molecule has 178 valence electrons. The Labute approximate surface area is 211 Å². The number of hydrogen-bond donors (Lipinski definition) is 1. The highest BCUT2D eigenvalue weighted by Gasteiger charge is 2.42. The van der Waals surface area contributed by atoms with Gasteiger partial charge < -0.3 is 24.4 Å². The van der Waals surface area contributed by atoms with E-state index in [1.54, 1.807) is 0 Å². The molecule has 5 rings (SSSR count). The first-order valence-corrected chi connectivity index (χ1v) is 12.2. The van der Waals surface area contributed by atoms with Crippen LogP contribution in [0.5, 0.6) is 5.75 Å². The molecule has 0 unspecified atom stereocenters. The Hall–Kier alpha value is -3.84. The van der Waals surface area contributed by atoms with E-state index < -0.39 is 0 Å². The summed E-state index contributed by atoms with van der Waals surface area (Å²) >= 11 is 5.88. The Bertz CT molecular complexity index is 1290. The molecular formula is C28H29N5OS. The lowest BCUT2D eigenvalue weighted by Crippen LogP contribution is -2.30. The van der Waals surface area contributed by atoms with E-state index in [0.29, 0.717) is 11.7 Å². The Morgan fingerprint density at radius 2 is 1.69 bits per heavy atom. The summed E-state index contributed by atoms with van der Waals surface area (Å²) in [5.74, 6) is 0.844. The van der Waals surface area contributed by atoms with E-state index in [2.05, 4.69) is 79.4 Å². The van der Waals surface area contributed by atoms with Gasteiger partial charge in [-0.2, -0.15) is 0 Å². The third-order valence-corrected chi connectivity index (χ3v) is 6.57. The van der Waals surface area contributed by atoms with Crippen molar-refractivity contribution >= 4 is 28.7 Å². The van der Waals surface area contributed by atoms with Gasteiger partial charge in [-0.05, 0) is 91.9 Å². The molecule has 2 aromatic heterocycles. The third-order valence-electron chi connectivity index (χ3n) is 6.25. The van der Waals surface area contributed by atoms with Crippen LogP contribution in [0, 0.1) is 0 Å². The van der Waals surface area contributed by atoms with Crippen molar-refractivity contribution in [3.63, 3.8) is 0 Å². The van der Waals surface area contributed by atoms with Gasteiger partial charge in [0.05, 0.1) is 18.3 Å². The zero-order valence-electron chi connectivity index (χ0n) is 20.1. The summed E-state index contributed by atoms with van der Waals surface area (Å²) in [4.78, 5) is 8.96. The minimum absolute atomic E-state index is 0.0983. The van der Waals surface area contributed by atoms with E-state index in [1.165, 1.54) is 0 Å². The number of pyridine rings is 1. The third kappa shape index (κ3) is 4.47. The molecule has 0 bridgehead atoms. The van der Waals surface area contributed by atoms with Gasteiger partial charge in [-0.15, -0.1) is 0 Å². The molecule has 2 aromatic carbocycles. The molecule has 0 aliphatic carbocycles. The number of nitrogens with one attached hydrogen (secondary N) is 1. The van der Waals surface area contributed by atoms with Gasteiger partial charge in [-0.25, -0.2) is 0 Å². The van der Waals surface area contributed by atoms with Gasteiger partial charge in [0.15, 0.2) is 5.11 Å². The molecule has 0 saturated carbocycles. The zero-order valence-corrected chi connectivity index (χ0v) is 20.9. The number of aromatic nitrogens is 2. The van der Waals surface area contributed by atoms with Crippen molar-refractivity contribution in [3.8, 4) is 11.4 Å². The first-order chi connectivity index (χ1) is 17.1. The molecule has 1 N–H and O–H groups in total. The monoisotopic (exact) mass is 483 g/mol. The van der Waals surface area contributed by atoms with Crippen LogP contribution in [0.25, 0.3) is 5.69 Å². The Morgan fingerprint density at radius 3 is 2.34 bits per heavy atom. The van der Waals surface area contributed by atoms with Gasteiger partial charge in [0.2, 0.25) is 0 Å². The number of anilines is 2. The summed E-state index contributed by atoms with van der Waals surface area (Å²) in [5, 5.41) is 4.21. The summed E-state index contributed by atoms with van der Waals surface area (Å²) in [6.45, 7) is 2.62. The molecule has 0 amide bonds. The molecule has 7 heteroatoms. The molecule has 2 atom stereocenters. The lowest BCUT2D eigenvalue weighted by molar-refractivity contribution is 0.340. The second kappa shape index (κ2) is 9.80. The number of ether oxygens (including phenoxy) is 1. The highest BCUT2D eigenvalue weighted by molar-refractivity contribution is 7.80. The van der Waals surface area contributed by atoms with Crippen LogP contribution in [0.2, 0.25) is 0 Å². The number of hydrogen-bond acceptors (Lipinski definition) is 4. The fourth-order valence-electron chi connectivity index (χ4n) is 4.58. The predicted molar refractivity (Wildman–Crippen MR) is 146 cm³/mol. The molecule has 0 spiro atoms. The minimum Gasteiger partial charge on any atom is -0.494 e. The summed E-state index contributed by atoms with van der Waals surface area (Å²) in [6, 6.07) is 26.7. The van der Waals surface area contributed by atoms with Crippen LogP contribution < -0.4 is 19.9 Å². The van der Waals surface area contributed by atoms with Crippen molar-refractivity contribution in [2.24, 2.45) is 0 Å². The minimum atomic E-state index is -0.107. The second-order valence-electron chi connectivity index (χ2n) is 8.64. The molecule has 1 aliphatic heterocycles. The molecule has 4 aromatic rings. The summed E-state index contributed by atoms with van der Waals surface area (Å²) in [5.41, 5.74) is 5.34. The number of benzene rings is 2. The van der Waals surface area contributed by atoms with Crippen LogP contribution in [0.15, 0.2) is 91.3 Å². The smallest absolute Gasteiger partial charge is 0.174 e. The Morgan fingerprint density at radius 1 is 0.943 bits per heavy atom. The molecule has 35 heavy (non-hydrogen) atoms. The fourth-order valence-corrected chi connectivity index (χ4v) is 4.93. The number of nitrogens with zero attached hydrogens (tertiary/aromatic N) is 4. The molecule has 1 aliphatic rings. The van der Waals surface area contributed by atoms with Crippen LogP contribution in [0.1, 0.15) is 30.4 Å². The van der Waals surface area contributed by atoms with E-state index in [0.717, 1.165) is 34.2 Å². The maximum atomic E-state index is 5.88. The standard InChI is InChI=1S/C28H29N5OS/c1-4-34-23-16-14-22(15-17-23)33-27(26(30-28(33)35)24-8-5-6-18-29-24)25-9-7-19-32(25)21-12-10-20(11-13-21)31(2)3/h5-19,26-27H,4H2,1-3H3,(H,30,35)/t26-,27+/m0/s1. The molecule has 0 radical (unpaired) electrons. The van der Waals surface area contributed by atoms with Crippen molar-refractivity contribution in [1.29, 1.82) is 0 Å². The quantitative estimate of drug-likeness (QED) is 0.350. The second-order valence-corrected chi connectivity index (χ2v) is 9.02. The summed E-state index contributed by atoms with van der Waals surface area (Å²) in [7, 11) is 4.10. The summed E-state index contributed by atoms with van der Waals surface area (Å²) < 4.78 is 7.89. The highest BCUT2D eigenvalue weighted by Crippen LogP contribution is 2.42. The van der Waals surface area contributed by atoms with E-state index in [1.807, 2.05) is 57.5 Å². The van der Waals surface area contributed by atoms with Gasteiger partial charge in [0.1, 0.15) is 11.8 Å². The maximum absolute atomic E-state index is 5.88. The SMILES string of the molecule is CCOc1ccc(N2C(=S)N[C@@H](c3ccccn3)[C@H]2c2cccn2-c2ccc(N(C)C)cc2)cc1. The van der Waals surface area contributed by atoms with Crippen molar-refractivity contribution in [3.05, 3.63) is 103 Å². The van der Waals surface area contributed by atoms with Crippen LogP contribution >= 0.6 is 12.2 Å². The normalized spacial score (nSPS) is 17.3. The zero-order chi connectivity index (χ0) is 24.4. The van der Waals surface area contributed by atoms with Crippen LogP contribution in [-0.4, -0.2) is 35.4 Å². The number of rotatable bonds is 7. The van der Waals surface area contributed by atoms with Crippen molar-refractivity contribution < 1.29 is 4.74 Å². The Balaban J connectivity index is 1.60. The topological polar surface area (TPSA) is 45.6 Å². The molecular weight excluding hydrogens is 454 g/mol. The van der Waals surface area contributed by atoms with Crippen LogP contribution in [-0.2, 0) is 0 Å². The van der Waals surface area contributed by atoms with Gasteiger partial charge in [0.25, 0.3) is 0 Å². The van der Waals surface area contributed by atoms with Crippen LogP contribution in [0.4, 0.5) is 11.4 Å². The van der Waals surface area contributed by atoms with E-state index >= 15 is 0 Å². The van der Waals surface area contributed by atoms with Gasteiger partial charge in [-0.1, -0.05) is 6.07 Å². The van der Waals surface area contributed by atoms with Crippen LogP contribution in [0.3, 0.4) is 0 Å². The van der Waals surface area contributed by atoms with E-state index in [4.69, 9.17) is 17.0 Å². The predicted octanol–water partition coefficient (Wildman–Crippen LogP) is 5.51. The molecule has 1 saturated heterocycles. The first kappa shape index (κ1) is 22.9. The number of thiocarbonyl (C=S) groups is 1. The van der Waals surface area contributed by atoms with E-state index in [-0.39, 0.29) is 12.1 Å². The fraction of sp³-hybridized carbons (Fsp3) is 0.214. The molecule has 6 nitrogen and oxygen atoms in total. The lowest BCUT2D eigenvalue weighted by atomic mass is 10.0. The molecule has 3 heterocycles. The van der Waals surface area contributed by atoms with Crippen molar-refractivity contribution in [2.45, 2.75) is 19.0 Å². The largest absolute Gasteiger partial charge is 0.494 e. The maximum Gasteiger partial charge on any atom is 0.174 e. The van der Waals surface area contributed by atoms with Gasteiger partial charge >= 0.3 is 0 Å². The van der Waals surface area contributed by atoms with Crippen molar-refractivity contribution in [1.82, 2.24) is 14.9 Å². The highest BCUT2D eigenvalue weighted by atomic mass is 32.1.